The average Bonchev–Trinajstić information content (AvgIpc) is 2.16. The zero-order valence-electron chi connectivity index (χ0n) is 6.87. The van der Waals surface area contributed by atoms with Gasteiger partial charge in [0.2, 0.25) is 0 Å². The molecule has 0 unspecified atom stereocenters. The Kier molecular flexibility index (Phi) is 3.69. The van der Waals surface area contributed by atoms with Crippen molar-refractivity contribution in [1.82, 2.24) is 0 Å². The first-order valence-electron chi connectivity index (χ1n) is 3.73. The molecule has 0 bridgehead atoms. The van der Waals surface area contributed by atoms with Crippen LogP contribution in [0.15, 0.2) is 28.7 Å². The van der Waals surface area contributed by atoms with Crippen molar-refractivity contribution in [2.24, 2.45) is 0 Å². The molecular formula is C10H8BrNO. The van der Waals surface area contributed by atoms with E-state index in [9.17, 15) is 0 Å². The van der Waals surface area contributed by atoms with E-state index in [4.69, 9.17) is 10.4 Å². The van der Waals surface area contributed by atoms with Crippen LogP contribution in [0, 0.1) is 11.3 Å². The molecule has 0 aliphatic rings. The van der Waals surface area contributed by atoms with Crippen LogP contribution in [0.25, 0.3) is 6.08 Å². The van der Waals surface area contributed by atoms with Crippen molar-refractivity contribution in [3.8, 4) is 6.07 Å². The Morgan fingerprint density at radius 1 is 1.54 bits per heavy atom. The molecule has 1 aromatic carbocycles. The second kappa shape index (κ2) is 4.80. The largest absolute Gasteiger partial charge is 0.392 e. The zero-order chi connectivity index (χ0) is 9.68. The lowest BCUT2D eigenvalue weighted by Gasteiger charge is -2.01. The van der Waals surface area contributed by atoms with Gasteiger partial charge in [0.05, 0.1) is 12.7 Å². The van der Waals surface area contributed by atoms with Crippen molar-refractivity contribution in [1.29, 1.82) is 5.26 Å². The van der Waals surface area contributed by atoms with Crippen molar-refractivity contribution in [2.75, 3.05) is 0 Å². The SMILES string of the molecule is N#CC=Cc1ccc(Br)c(CO)c1. The highest BCUT2D eigenvalue weighted by molar-refractivity contribution is 9.10. The molecule has 0 heterocycles. The summed E-state index contributed by atoms with van der Waals surface area (Å²) in [5.74, 6) is 0. The predicted octanol–water partition coefficient (Wildman–Crippen LogP) is 2.48. The molecule has 0 saturated heterocycles. The van der Waals surface area contributed by atoms with E-state index in [1.807, 2.05) is 24.3 Å². The highest BCUT2D eigenvalue weighted by atomic mass is 79.9. The van der Waals surface area contributed by atoms with Crippen molar-refractivity contribution < 1.29 is 5.11 Å². The van der Waals surface area contributed by atoms with Crippen LogP contribution in [0.4, 0.5) is 0 Å². The van der Waals surface area contributed by atoms with E-state index >= 15 is 0 Å². The zero-order valence-corrected chi connectivity index (χ0v) is 8.45. The molecule has 3 heteroatoms. The fourth-order valence-electron chi connectivity index (χ4n) is 0.953. The first kappa shape index (κ1) is 9.97. The molecule has 0 radical (unpaired) electrons. The lowest BCUT2D eigenvalue weighted by atomic mass is 10.1. The third kappa shape index (κ3) is 2.69. The summed E-state index contributed by atoms with van der Waals surface area (Å²) >= 11 is 3.31. The molecule has 2 nitrogen and oxygen atoms in total. The van der Waals surface area contributed by atoms with Gasteiger partial charge < -0.3 is 5.11 Å². The highest BCUT2D eigenvalue weighted by Crippen LogP contribution is 2.18. The van der Waals surface area contributed by atoms with Crippen LogP contribution in [0.1, 0.15) is 11.1 Å². The summed E-state index contributed by atoms with van der Waals surface area (Å²) in [5, 5.41) is 17.3. The van der Waals surface area contributed by atoms with Gasteiger partial charge in [0.15, 0.2) is 0 Å². The van der Waals surface area contributed by atoms with E-state index in [0.717, 1.165) is 15.6 Å². The maximum atomic E-state index is 8.95. The third-order valence-electron chi connectivity index (χ3n) is 1.59. The highest BCUT2D eigenvalue weighted by Gasteiger charge is 1.97. The van der Waals surface area contributed by atoms with Crippen LogP contribution in [0.2, 0.25) is 0 Å². The summed E-state index contributed by atoms with van der Waals surface area (Å²) in [4.78, 5) is 0. The van der Waals surface area contributed by atoms with Crippen LogP contribution in [-0.2, 0) is 6.61 Å². The molecule has 1 N–H and O–H groups in total. The van der Waals surface area contributed by atoms with Crippen molar-refractivity contribution >= 4 is 22.0 Å². The molecule has 0 aliphatic heterocycles. The molecule has 0 atom stereocenters. The second-order valence-corrected chi connectivity index (χ2v) is 3.33. The van der Waals surface area contributed by atoms with Gasteiger partial charge in [-0.3, -0.25) is 0 Å². The summed E-state index contributed by atoms with van der Waals surface area (Å²) in [6.07, 6.45) is 3.11. The number of halogens is 1. The fourth-order valence-corrected chi connectivity index (χ4v) is 1.33. The lowest BCUT2D eigenvalue weighted by molar-refractivity contribution is 0.281. The minimum absolute atomic E-state index is 0.00514. The average molecular weight is 238 g/mol. The van der Waals surface area contributed by atoms with Gasteiger partial charge in [-0.25, -0.2) is 0 Å². The van der Waals surface area contributed by atoms with Gasteiger partial charge in [0.25, 0.3) is 0 Å². The molecule has 66 valence electrons. The minimum Gasteiger partial charge on any atom is -0.392 e. The topological polar surface area (TPSA) is 44.0 Å². The third-order valence-corrected chi connectivity index (χ3v) is 2.36. The summed E-state index contributed by atoms with van der Waals surface area (Å²) in [5.41, 5.74) is 1.73. The molecule has 0 saturated carbocycles. The van der Waals surface area contributed by atoms with Gasteiger partial charge in [0, 0.05) is 10.5 Å². The molecule has 0 spiro atoms. The van der Waals surface area contributed by atoms with E-state index in [2.05, 4.69) is 15.9 Å². The van der Waals surface area contributed by atoms with E-state index in [0.29, 0.717) is 0 Å². The minimum atomic E-state index is -0.00514. The van der Waals surface area contributed by atoms with E-state index in [1.165, 1.54) is 6.08 Å². The molecule has 1 aromatic rings. The number of nitrogens with zero attached hydrogens (tertiary/aromatic N) is 1. The first-order valence-corrected chi connectivity index (χ1v) is 4.52. The summed E-state index contributed by atoms with van der Waals surface area (Å²) in [6.45, 7) is -0.00514. The Labute approximate surface area is 85.3 Å². The Bertz CT molecular complexity index is 366. The van der Waals surface area contributed by atoms with Gasteiger partial charge in [-0.2, -0.15) is 5.26 Å². The predicted molar refractivity (Wildman–Crippen MR) is 54.7 cm³/mol. The van der Waals surface area contributed by atoms with Crippen molar-refractivity contribution in [2.45, 2.75) is 6.61 Å². The van der Waals surface area contributed by atoms with Crippen molar-refractivity contribution in [3.63, 3.8) is 0 Å². The molecular weight excluding hydrogens is 230 g/mol. The number of hydrogen-bond donors (Lipinski definition) is 1. The van der Waals surface area contributed by atoms with Crippen LogP contribution in [0.5, 0.6) is 0 Å². The Morgan fingerprint density at radius 3 is 2.92 bits per heavy atom. The van der Waals surface area contributed by atoms with E-state index < -0.39 is 0 Å². The van der Waals surface area contributed by atoms with E-state index in [1.54, 1.807) is 6.08 Å². The van der Waals surface area contributed by atoms with E-state index in [-0.39, 0.29) is 6.61 Å². The number of rotatable bonds is 2. The Balaban J connectivity index is 3.01. The summed E-state index contributed by atoms with van der Waals surface area (Å²) in [6, 6.07) is 7.47. The molecule has 0 aliphatic carbocycles. The van der Waals surface area contributed by atoms with Gasteiger partial charge >= 0.3 is 0 Å². The number of nitriles is 1. The van der Waals surface area contributed by atoms with Crippen LogP contribution in [0.3, 0.4) is 0 Å². The number of aliphatic hydroxyl groups excluding tert-OH is 1. The number of allylic oxidation sites excluding steroid dienone is 1. The molecule has 0 amide bonds. The fraction of sp³-hybridized carbons (Fsp3) is 0.100. The van der Waals surface area contributed by atoms with Crippen molar-refractivity contribution in [3.05, 3.63) is 39.9 Å². The van der Waals surface area contributed by atoms with Crippen LogP contribution in [-0.4, -0.2) is 5.11 Å². The quantitative estimate of drug-likeness (QED) is 0.804. The van der Waals surface area contributed by atoms with Gasteiger partial charge in [-0.1, -0.05) is 22.0 Å². The van der Waals surface area contributed by atoms with Gasteiger partial charge in [-0.05, 0) is 29.3 Å². The Morgan fingerprint density at radius 2 is 2.31 bits per heavy atom. The van der Waals surface area contributed by atoms with Gasteiger partial charge in [0.1, 0.15) is 0 Å². The second-order valence-electron chi connectivity index (χ2n) is 2.47. The normalized spacial score (nSPS) is 10.2. The van der Waals surface area contributed by atoms with Gasteiger partial charge in [-0.15, -0.1) is 0 Å². The number of benzene rings is 1. The molecule has 1 rings (SSSR count). The maximum Gasteiger partial charge on any atom is 0.0912 e. The van der Waals surface area contributed by atoms with Crippen LogP contribution < -0.4 is 0 Å². The van der Waals surface area contributed by atoms with Crippen LogP contribution >= 0.6 is 15.9 Å². The molecule has 0 aromatic heterocycles. The number of aliphatic hydroxyl groups is 1. The summed E-state index contributed by atoms with van der Waals surface area (Å²) < 4.78 is 0.879. The lowest BCUT2D eigenvalue weighted by Crippen LogP contribution is -1.85. The first-order chi connectivity index (χ1) is 6.27. The number of hydrogen-bond acceptors (Lipinski definition) is 2. The monoisotopic (exact) mass is 237 g/mol. The summed E-state index contributed by atoms with van der Waals surface area (Å²) in [7, 11) is 0. The standard InChI is InChI=1S/C10H8BrNO/c11-10-4-3-8(2-1-5-12)6-9(10)7-13/h1-4,6,13H,7H2. The smallest absolute Gasteiger partial charge is 0.0912 e. The Hall–Kier alpha value is -1.11. The molecule has 13 heavy (non-hydrogen) atoms. The maximum absolute atomic E-state index is 8.95. The molecule has 0 fully saturated rings.